The highest BCUT2D eigenvalue weighted by atomic mass is 16.6. The third kappa shape index (κ3) is 2.39. The molecule has 0 saturated heterocycles. The van der Waals surface area contributed by atoms with Crippen LogP contribution < -0.4 is 4.74 Å². The molecule has 0 N–H and O–H groups in total. The molecule has 8 rings (SSSR count). The first-order valence-electron chi connectivity index (χ1n) is 11.8. The van der Waals surface area contributed by atoms with Gasteiger partial charge in [-0.1, -0.05) is 109 Å². The fourth-order valence-electron chi connectivity index (χ4n) is 5.94. The van der Waals surface area contributed by atoms with E-state index in [1.807, 2.05) is 0 Å². The SMILES string of the molecule is c1ccc2c(c1)Cc1c-2c2c(c(-c3cccc4ccccc34)c1-c1cccc3ccccc13)O2. The Labute approximate surface area is 197 Å². The minimum absolute atomic E-state index is 0.929. The predicted octanol–water partition coefficient (Wildman–Crippen LogP) is 9.00. The van der Waals surface area contributed by atoms with Crippen molar-refractivity contribution in [2.45, 2.75) is 6.42 Å². The molecule has 0 spiro atoms. The Morgan fingerprint density at radius 2 is 0.971 bits per heavy atom. The molecule has 34 heavy (non-hydrogen) atoms. The molecule has 2 aliphatic rings. The molecular weight excluding hydrogens is 412 g/mol. The monoisotopic (exact) mass is 432 g/mol. The molecule has 0 saturated carbocycles. The van der Waals surface area contributed by atoms with E-state index in [9.17, 15) is 0 Å². The number of benzene rings is 6. The average molecular weight is 433 g/mol. The van der Waals surface area contributed by atoms with Crippen LogP contribution in [0.25, 0.3) is 54.9 Å². The Balaban J connectivity index is 1.55. The third-order valence-electron chi connectivity index (χ3n) is 7.45. The van der Waals surface area contributed by atoms with Crippen molar-refractivity contribution < 1.29 is 4.74 Å². The topological polar surface area (TPSA) is 12.5 Å². The maximum Gasteiger partial charge on any atom is 0.179 e. The van der Waals surface area contributed by atoms with E-state index in [0.717, 1.165) is 17.9 Å². The lowest BCUT2D eigenvalue weighted by Crippen LogP contribution is -1.93. The van der Waals surface area contributed by atoms with Crippen LogP contribution in [0.5, 0.6) is 11.5 Å². The van der Waals surface area contributed by atoms with Crippen LogP contribution in [0.3, 0.4) is 0 Å². The summed E-state index contributed by atoms with van der Waals surface area (Å²) >= 11 is 0. The van der Waals surface area contributed by atoms with Crippen LogP contribution in [0.2, 0.25) is 0 Å². The molecule has 1 nitrogen and oxygen atoms in total. The van der Waals surface area contributed by atoms with Gasteiger partial charge in [-0.3, -0.25) is 0 Å². The highest BCUT2D eigenvalue weighted by molar-refractivity contribution is 6.12. The van der Waals surface area contributed by atoms with Crippen LogP contribution in [0.15, 0.2) is 109 Å². The van der Waals surface area contributed by atoms with Gasteiger partial charge in [0.05, 0.1) is 0 Å². The van der Waals surface area contributed by atoms with Crippen LogP contribution in [-0.4, -0.2) is 0 Å². The van der Waals surface area contributed by atoms with Gasteiger partial charge in [0.25, 0.3) is 0 Å². The molecule has 0 radical (unpaired) electrons. The van der Waals surface area contributed by atoms with E-state index in [-0.39, 0.29) is 0 Å². The zero-order chi connectivity index (χ0) is 22.2. The molecule has 158 valence electrons. The van der Waals surface area contributed by atoms with Crippen LogP contribution in [0.4, 0.5) is 0 Å². The molecule has 1 heteroatoms. The minimum atomic E-state index is 0.929. The quantitative estimate of drug-likeness (QED) is 0.248. The smallest absolute Gasteiger partial charge is 0.179 e. The predicted molar refractivity (Wildman–Crippen MR) is 141 cm³/mol. The summed E-state index contributed by atoms with van der Waals surface area (Å²) < 4.78 is 6.35. The normalized spacial score (nSPS) is 12.8. The van der Waals surface area contributed by atoms with Crippen LogP contribution in [0, 0.1) is 0 Å². The van der Waals surface area contributed by atoms with Crippen LogP contribution in [-0.2, 0) is 6.42 Å². The first-order chi connectivity index (χ1) is 16.9. The number of rotatable bonds is 2. The average Bonchev–Trinajstić information content (AvgIpc) is 3.59. The second-order valence-electron chi connectivity index (χ2n) is 9.25. The van der Waals surface area contributed by atoms with Gasteiger partial charge in [-0.25, -0.2) is 0 Å². The second kappa shape index (κ2) is 6.59. The number of hydrogen-bond donors (Lipinski definition) is 0. The van der Waals surface area contributed by atoms with Crippen LogP contribution >= 0.6 is 0 Å². The summed E-state index contributed by atoms with van der Waals surface area (Å²) in [6.45, 7) is 0. The molecule has 1 aliphatic heterocycles. The number of ether oxygens (including phenoxy) is 1. The minimum Gasteiger partial charge on any atom is -0.448 e. The van der Waals surface area contributed by atoms with Crippen molar-refractivity contribution in [1.29, 1.82) is 0 Å². The maximum atomic E-state index is 6.35. The van der Waals surface area contributed by atoms with Gasteiger partial charge in [0.15, 0.2) is 11.5 Å². The van der Waals surface area contributed by atoms with Crippen molar-refractivity contribution in [3.8, 4) is 44.9 Å². The second-order valence-corrected chi connectivity index (χ2v) is 9.25. The Morgan fingerprint density at radius 3 is 1.71 bits per heavy atom. The Bertz CT molecular complexity index is 1800. The first-order valence-corrected chi connectivity index (χ1v) is 11.8. The zero-order valence-electron chi connectivity index (χ0n) is 18.5. The largest absolute Gasteiger partial charge is 0.448 e. The summed E-state index contributed by atoms with van der Waals surface area (Å²) in [5.74, 6) is 2.10. The van der Waals surface area contributed by atoms with Gasteiger partial charge in [0.1, 0.15) is 0 Å². The van der Waals surface area contributed by atoms with Crippen molar-refractivity contribution in [3.63, 3.8) is 0 Å². The molecule has 0 aromatic heterocycles. The lowest BCUT2D eigenvalue weighted by atomic mass is 9.84. The highest BCUT2D eigenvalue weighted by Gasteiger charge is 2.40. The summed E-state index contributed by atoms with van der Waals surface area (Å²) in [7, 11) is 0. The molecule has 0 bridgehead atoms. The van der Waals surface area contributed by atoms with Gasteiger partial charge >= 0.3 is 0 Å². The van der Waals surface area contributed by atoms with Gasteiger partial charge < -0.3 is 4.74 Å². The van der Waals surface area contributed by atoms with E-state index in [0.29, 0.717) is 0 Å². The summed E-state index contributed by atoms with van der Waals surface area (Å²) in [4.78, 5) is 0. The summed E-state index contributed by atoms with van der Waals surface area (Å²) in [5.41, 5.74) is 10.4. The summed E-state index contributed by atoms with van der Waals surface area (Å²) in [6, 6.07) is 39.5. The molecule has 6 aromatic carbocycles. The van der Waals surface area contributed by atoms with Crippen molar-refractivity contribution in [2.75, 3.05) is 0 Å². The summed E-state index contributed by atoms with van der Waals surface area (Å²) in [6.07, 6.45) is 0.929. The van der Waals surface area contributed by atoms with E-state index >= 15 is 0 Å². The molecular formula is C33H20O. The molecule has 0 atom stereocenters. The Kier molecular flexibility index (Phi) is 3.51. The number of fused-ring (bicyclic) bond motifs is 7. The van der Waals surface area contributed by atoms with Gasteiger partial charge in [-0.05, 0) is 61.3 Å². The van der Waals surface area contributed by atoms with Crippen molar-refractivity contribution in [3.05, 3.63) is 120 Å². The first kappa shape index (κ1) is 18.1. The van der Waals surface area contributed by atoms with Gasteiger partial charge in [-0.15, -0.1) is 0 Å². The van der Waals surface area contributed by atoms with E-state index < -0.39 is 0 Å². The van der Waals surface area contributed by atoms with Crippen LogP contribution in [0.1, 0.15) is 11.1 Å². The van der Waals surface area contributed by atoms with E-state index in [2.05, 4.69) is 109 Å². The maximum absolute atomic E-state index is 6.35. The summed E-state index contributed by atoms with van der Waals surface area (Å²) in [5, 5.41) is 5.06. The lowest BCUT2D eigenvalue weighted by molar-refractivity contribution is 0.652. The fraction of sp³-hybridized carbons (Fsp3) is 0.0303. The van der Waals surface area contributed by atoms with Crippen molar-refractivity contribution in [1.82, 2.24) is 0 Å². The van der Waals surface area contributed by atoms with E-state index in [4.69, 9.17) is 4.74 Å². The lowest BCUT2D eigenvalue weighted by Gasteiger charge is -2.17. The molecule has 6 aromatic rings. The van der Waals surface area contributed by atoms with E-state index in [1.165, 1.54) is 66.1 Å². The number of hydrogen-bond acceptors (Lipinski definition) is 1. The molecule has 0 amide bonds. The van der Waals surface area contributed by atoms with Crippen molar-refractivity contribution in [2.24, 2.45) is 0 Å². The molecule has 1 heterocycles. The Hall–Kier alpha value is -4.36. The fourth-order valence-corrected chi connectivity index (χ4v) is 5.94. The standard InChI is InChI=1S/C33H20O/c1-4-14-23-20(9-1)12-7-17-26(23)29-28-19-22-11-3-6-16-25(22)30(28)32-33(34-32)31(29)27-18-8-13-21-10-2-5-15-24(21)27/h1-18H,19H2. The highest BCUT2D eigenvalue weighted by Crippen LogP contribution is 2.65. The molecule has 0 fully saturated rings. The molecule has 0 unspecified atom stereocenters. The van der Waals surface area contributed by atoms with Gasteiger partial charge in [0.2, 0.25) is 0 Å². The zero-order valence-corrected chi connectivity index (χ0v) is 18.5. The Morgan fingerprint density at radius 1 is 0.441 bits per heavy atom. The molecule has 1 aliphatic carbocycles. The van der Waals surface area contributed by atoms with Gasteiger partial charge in [0, 0.05) is 11.1 Å². The van der Waals surface area contributed by atoms with E-state index in [1.54, 1.807) is 0 Å². The van der Waals surface area contributed by atoms with Gasteiger partial charge in [-0.2, -0.15) is 0 Å². The van der Waals surface area contributed by atoms with Crippen molar-refractivity contribution >= 4 is 21.5 Å². The third-order valence-corrected chi connectivity index (χ3v) is 7.45.